The molecule has 1 saturated heterocycles. The molecule has 0 unspecified atom stereocenters. The molecule has 1 heterocycles. The van der Waals surface area contributed by atoms with E-state index in [1.165, 1.54) is 0 Å². The fraction of sp³-hybridized carbons (Fsp3) is 0.111. The van der Waals surface area contributed by atoms with Crippen LogP contribution in [0.15, 0.2) is 30.3 Å². The Labute approximate surface area is 79.9 Å². The number of carbonyl (C=O) groups is 2. The van der Waals surface area contributed by atoms with Crippen LogP contribution < -0.4 is 5.32 Å². The number of hydroxylamine groups is 2. The van der Waals surface area contributed by atoms with Crippen LogP contribution in [0.25, 0.3) is 0 Å². The molecule has 0 radical (unpaired) electrons. The molecule has 0 spiro atoms. The maximum absolute atomic E-state index is 11.3. The van der Waals surface area contributed by atoms with Gasteiger partial charge in [0, 0.05) is 0 Å². The summed E-state index contributed by atoms with van der Waals surface area (Å²) >= 11 is 0. The lowest BCUT2D eigenvalue weighted by Crippen LogP contribution is -2.26. The first-order chi connectivity index (χ1) is 6.70. The van der Waals surface area contributed by atoms with E-state index in [4.69, 9.17) is 5.21 Å². The van der Waals surface area contributed by atoms with Crippen molar-refractivity contribution in [2.45, 2.75) is 6.04 Å². The summed E-state index contributed by atoms with van der Waals surface area (Å²) in [5.74, 6) is -0.652. The zero-order valence-electron chi connectivity index (χ0n) is 7.18. The summed E-state index contributed by atoms with van der Waals surface area (Å²) in [4.78, 5) is 22.2. The number of hydrogen-bond donors (Lipinski definition) is 2. The number of urea groups is 1. The maximum Gasteiger partial charge on any atom is 0.349 e. The Balaban J connectivity index is 2.30. The molecule has 2 N–H and O–H groups in total. The van der Waals surface area contributed by atoms with E-state index in [1.807, 2.05) is 6.07 Å². The van der Waals surface area contributed by atoms with Crippen LogP contribution in [0.1, 0.15) is 11.6 Å². The smallest absolute Gasteiger partial charge is 0.320 e. The van der Waals surface area contributed by atoms with Gasteiger partial charge in [0.25, 0.3) is 5.91 Å². The number of benzene rings is 1. The number of rotatable bonds is 1. The first-order valence-electron chi connectivity index (χ1n) is 4.08. The third kappa shape index (κ3) is 1.23. The van der Waals surface area contributed by atoms with Crippen LogP contribution >= 0.6 is 0 Å². The summed E-state index contributed by atoms with van der Waals surface area (Å²) in [6, 6.07) is 7.19. The van der Waals surface area contributed by atoms with Gasteiger partial charge >= 0.3 is 6.03 Å². The molecule has 1 atom stereocenters. The molecule has 3 amide bonds. The molecule has 0 bridgehead atoms. The van der Waals surface area contributed by atoms with Crippen molar-refractivity contribution >= 4 is 11.9 Å². The number of hydrogen-bond acceptors (Lipinski definition) is 3. The van der Waals surface area contributed by atoms with Gasteiger partial charge in [-0.15, -0.1) is 5.06 Å². The van der Waals surface area contributed by atoms with Crippen molar-refractivity contribution in [2.75, 3.05) is 0 Å². The maximum atomic E-state index is 11.3. The quantitative estimate of drug-likeness (QED) is 0.507. The molecule has 5 heteroatoms. The summed E-state index contributed by atoms with van der Waals surface area (Å²) in [6.07, 6.45) is 0. The fourth-order valence-corrected chi connectivity index (χ4v) is 1.34. The van der Waals surface area contributed by atoms with Crippen molar-refractivity contribution in [1.29, 1.82) is 0 Å². The molecule has 1 aromatic carbocycles. The van der Waals surface area contributed by atoms with Crippen molar-refractivity contribution in [2.24, 2.45) is 0 Å². The SMILES string of the molecule is O=C1N[C@H](c2ccccc2)C(=O)N1O. The van der Waals surface area contributed by atoms with Crippen LogP contribution in [0.3, 0.4) is 0 Å². The van der Waals surface area contributed by atoms with Gasteiger partial charge in [-0.05, 0) is 5.56 Å². The Bertz CT molecular complexity index is 377. The third-order valence-corrected chi connectivity index (χ3v) is 2.05. The average molecular weight is 192 g/mol. The van der Waals surface area contributed by atoms with Crippen LogP contribution in [-0.2, 0) is 4.79 Å². The lowest BCUT2D eigenvalue weighted by atomic mass is 10.1. The van der Waals surface area contributed by atoms with Gasteiger partial charge < -0.3 is 5.32 Å². The molecular formula is C9H8N2O3. The first-order valence-corrected chi connectivity index (χ1v) is 4.08. The van der Waals surface area contributed by atoms with Crippen LogP contribution in [0.2, 0.25) is 0 Å². The number of amides is 3. The minimum Gasteiger partial charge on any atom is -0.320 e. The van der Waals surface area contributed by atoms with E-state index in [0.717, 1.165) is 0 Å². The molecule has 72 valence electrons. The average Bonchev–Trinajstić information content (AvgIpc) is 2.47. The largest absolute Gasteiger partial charge is 0.349 e. The van der Waals surface area contributed by atoms with Crippen molar-refractivity contribution in [3.8, 4) is 0 Å². The standard InChI is InChI=1S/C9H8N2O3/c12-8-7(10-9(13)11(8)14)6-4-2-1-3-5-6/h1-5,7,14H,(H,10,13)/t7-/m1/s1. The van der Waals surface area contributed by atoms with Crippen LogP contribution in [0.5, 0.6) is 0 Å². The molecule has 14 heavy (non-hydrogen) atoms. The highest BCUT2D eigenvalue weighted by molar-refractivity contribution is 6.03. The van der Waals surface area contributed by atoms with E-state index in [2.05, 4.69) is 5.32 Å². The van der Waals surface area contributed by atoms with Gasteiger partial charge in [0.05, 0.1) is 0 Å². The van der Waals surface area contributed by atoms with E-state index < -0.39 is 18.0 Å². The molecule has 1 aliphatic rings. The van der Waals surface area contributed by atoms with Crippen molar-refractivity contribution in [3.63, 3.8) is 0 Å². The molecule has 5 nitrogen and oxygen atoms in total. The Hall–Kier alpha value is -1.88. The van der Waals surface area contributed by atoms with Crippen molar-refractivity contribution < 1.29 is 14.8 Å². The normalized spacial score (nSPS) is 21.2. The summed E-state index contributed by atoms with van der Waals surface area (Å²) < 4.78 is 0. The van der Waals surface area contributed by atoms with Gasteiger partial charge in [-0.1, -0.05) is 30.3 Å². The molecule has 2 rings (SSSR count). The Morgan fingerprint density at radius 3 is 2.36 bits per heavy atom. The van der Waals surface area contributed by atoms with Crippen molar-refractivity contribution in [3.05, 3.63) is 35.9 Å². The van der Waals surface area contributed by atoms with Gasteiger partial charge in [-0.2, -0.15) is 0 Å². The zero-order valence-corrected chi connectivity index (χ0v) is 7.18. The zero-order chi connectivity index (χ0) is 10.1. The Kier molecular flexibility index (Phi) is 1.94. The lowest BCUT2D eigenvalue weighted by Gasteiger charge is -2.06. The number of imide groups is 1. The highest BCUT2D eigenvalue weighted by Gasteiger charge is 2.38. The van der Waals surface area contributed by atoms with Crippen LogP contribution in [-0.4, -0.2) is 22.2 Å². The molecule has 1 aliphatic heterocycles. The van der Waals surface area contributed by atoms with E-state index in [0.29, 0.717) is 5.56 Å². The summed E-state index contributed by atoms with van der Waals surface area (Å²) in [7, 11) is 0. The van der Waals surface area contributed by atoms with Gasteiger partial charge in [0.1, 0.15) is 6.04 Å². The third-order valence-electron chi connectivity index (χ3n) is 2.05. The minimum atomic E-state index is -0.788. The molecular weight excluding hydrogens is 184 g/mol. The summed E-state index contributed by atoms with van der Waals surface area (Å²) in [5.41, 5.74) is 0.655. The second-order valence-corrected chi connectivity index (χ2v) is 2.94. The predicted molar refractivity (Wildman–Crippen MR) is 46.3 cm³/mol. The first kappa shape index (κ1) is 8.71. The molecule has 0 aliphatic carbocycles. The number of nitrogens with one attached hydrogen (secondary N) is 1. The number of nitrogens with zero attached hydrogens (tertiary/aromatic N) is 1. The van der Waals surface area contributed by atoms with Gasteiger partial charge in [0.2, 0.25) is 0 Å². The van der Waals surface area contributed by atoms with Gasteiger partial charge in [-0.25, -0.2) is 4.79 Å². The monoisotopic (exact) mass is 192 g/mol. The Morgan fingerprint density at radius 2 is 1.86 bits per heavy atom. The summed E-state index contributed by atoms with van der Waals surface area (Å²) in [5, 5.41) is 11.4. The Morgan fingerprint density at radius 1 is 1.21 bits per heavy atom. The lowest BCUT2D eigenvalue weighted by molar-refractivity contribution is -0.149. The van der Waals surface area contributed by atoms with Gasteiger partial charge in [-0.3, -0.25) is 10.0 Å². The van der Waals surface area contributed by atoms with E-state index in [1.54, 1.807) is 24.3 Å². The molecule has 0 aromatic heterocycles. The van der Waals surface area contributed by atoms with Crippen molar-refractivity contribution in [1.82, 2.24) is 10.4 Å². The highest BCUT2D eigenvalue weighted by atomic mass is 16.5. The van der Waals surface area contributed by atoms with E-state index in [9.17, 15) is 9.59 Å². The topological polar surface area (TPSA) is 69.6 Å². The second-order valence-electron chi connectivity index (χ2n) is 2.94. The molecule has 1 aromatic rings. The van der Waals surface area contributed by atoms with E-state index >= 15 is 0 Å². The second kappa shape index (κ2) is 3.12. The molecule has 1 fully saturated rings. The predicted octanol–water partition coefficient (Wildman–Crippen LogP) is 0.669. The van der Waals surface area contributed by atoms with Crippen LogP contribution in [0.4, 0.5) is 4.79 Å². The minimum absolute atomic E-state index is 0.0949. The van der Waals surface area contributed by atoms with Crippen LogP contribution in [0, 0.1) is 0 Å². The highest BCUT2D eigenvalue weighted by Crippen LogP contribution is 2.19. The number of carbonyl (C=O) groups excluding carboxylic acids is 2. The van der Waals surface area contributed by atoms with Gasteiger partial charge in [0.15, 0.2) is 0 Å². The molecule has 0 saturated carbocycles. The van der Waals surface area contributed by atoms with E-state index in [-0.39, 0.29) is 5.06 Å². The fourth-order valence-electron chi connectivity index (χ4n) is 1.34. The summed E-state index contributed by atoms with van der Waals surface area (Å²) in [6.45, 7) is 0.